The Hall–Kier alpha value is -0.830. The zero-order valence-electron chi connectivity index (χ0n) is 15.3. The van der Waals surface area contributed by atoms with Crippen LogP contribution in [0.1, 0.15) is 110 Å². The van der Waals surface area contributed by atoms with Crippen molar-refractivity contribution in [1.29, 1.82) is 0 Å². The van der Waals surface area contributed by atoms with Gasteiger partial charge in [0, 0.05) is 6.08 Å². The summed E-state index contributed by atoms with van der Waals surface area (Å²) in [5.74, 6) is -0.832. The van der Waals surface area contributed by atoms with Crippen molar-refractivity contribution in [2.45, 2.75) is 110 Å². The van der Waals surface area contributed by atoms with Crippen molar-refractivity contribution >= 4 is 5.97 Å². The summed E-state index contributed by atoms with van der Waals surface area (Å²) >= 11 is 0. The molecule has 3 heteroatoms. The van der Waals surface area contributed by atoms with Crippen LogP contribution in [0.4, 0.5) is 0 Å². The molecule has 0 radical (unpaired) electrons. The number of carbonyl (C=O) groups is 1. The minimum absolute atomic E-state index is 0. The van der Waals surface area contributed by atoms with Crippen molar-refractivity contribution in [3.05, 3.63) is 12.2 Å². The Bertz CT molecular complexity index is 262. The maximum Gasteiger partial charge on any atom is 0.327 e. The molecule has 0 rings (SSSR count). The number of carboxylic acids is 1. The van der Waals surface area contributed by atoms with E-state index in [1.807, 2.05) is 0 Å². The van der Waals surface area contributed by atoms with Crippen LogP contribution < -0.4 is 0 Å². The minimum atomic E-state index is -0.832. The van der Waals surface area contributed by atoms with Crippen LogP contribution in [0.3, 0.4) is 0 Å². The van der Waals surface area contributed by atoms with E-state index in [9.17, 15) is 4.79 Å². The topological polar surface area (TPSA) is 68.8 Å². The van der Waals surface area contributed by atoms with E-state index in [0.717, 1.165) is 12.8 Å². The Morgan fingerprint density at radius 3 is 1.39 bits per heavy atom. The molecular formula is C20H40O3. The fourth-order valence-electron chi connectivity index (χ4n) is 2.82. The molecule has 138 valence electrons. The Kier molecular flexibility index (Phi) is 22.5. The third-order valence-corrected chi connectivity index (χ3v) is 4.23. The minimum Gasteiger partial charge on any atom is -0.478 e. The highest BCUT2D eigenvalue weighted by Gasteiger charge is 1.94. The highest BCUT2D eigenvalue weighted by molar-refractivity contribution is 5.79. The van der Waals surface area contributed by atoms with Crippen LogP contribution in [0.25, 0.3) is 0 Å². The molecule has 0 aliphatic heterocycles. The molecule has 0 saturated heterocycles. The predicted octanol–water partition coefficient (Wildman–Crippen LogP) is 6.06. The van der Waals surface area contributed by atoms with E-state index in [0.29, 0.717) is 0 Å². The van der Waals surface area contributed by atoms with Crippen LogP contribution in [0.2, 0.25) is 0 Å². The molecule has 0 bridgehead atoms. The molecule has 0 unspecified atom stereocenters. The summed E-state index contributed by atoms with van der Waals surface area (Å²) in [5, 5.41) is 8.45. The Morgan fingerprint density at radius 1 is 0.696 bits per heavy atom. The van der Waals surface area contributed by atoms with E-state index in [-0.39, 0.29) is 5.48 Å². The molecule has 0 amide bonds. The zero-order chi connectivity index (χ0) is 16.3. The van der Waals surface area contributed by atoms with Crippen LogP contribution in [-0.4, -0.2) is 16.6 Å². The lowest BCUT2D eigenvalue weighted by Crippen LogP contribution is -1.86. The van der Waals surface area contributed by atoms with Crippen LogP contribution >= 0.6 is 0 Å². The van der Waals surface area contributed by atoms with Gasteiger partial charge in [-0.1, -0.05) is 103 Å². The molecule has 0 fully saturated rings. The number of allylic oxidation sites excluding steroid dienone is 1. The summed E-state index contributed by atoms with van der Waals surface area (Å²) in [5.41, 5.74) is 0. The number of unbranched alkanes of at least 4 members (excludes halogenated alkanes) is 15. The second-order valence-electron chi connectivity index (χ2n) is 6.48. The summed E-state index contributed by atoms with van der Waals surface area (Å²) in [4.78, 5) is 10.3. The van der Waals surface area contributed by atoms with E-state index in [1.165, 1.54) is 96.0 Å². The molecule has 3 N–H and O–H groups in total. The molecule has 0 aromatic heterocycles. The van der Waals surface area contributed by atoms with Crippen molar-refractivity contribution in [2.24, 2.45) is 0 Å². The lowest BCUT2D eigenvalue weighted by Gasteiger charge is -2.03. The lowest BCUT2D eigenvalue weighted by molar-refractivity contribution is -0.131. The van der Waals surface area contributed by atoms with Gasteiger partial charge in [0.15, 0.2) is 0 Å². The van der Waals surface area contributed by atoms with E-state index < -0.39 is 5.97 Å². The molecule has 0 aromatic carbocycles. The van der Waals surface area contributed by atoms with Gasteiger partial charge in [-0.15, -0.1) is 0 Å². The molecule has 0 atom stereocenters. The fourth-order valence-corrected chi connectivity index (χ4v) is 2.82. The van der Waals surface area contributed by atoms with Gasteiger partial charge in [0.2, 0.25) is 0 Å². The molecule has 3 nitrogen and oxygen atoms in total. The second kappa shape index (κ2) is 21.2. The largest absolute Gasteiger partial charge is 0.478 e. The van der Waals surface area contributed by atoms with Gasteiger partial charge in [-0.25, -0.2) is 4.79 Å². The maximum atomic E-state index is 10.3. The molecule has 0 heterocycles. The maximum absolute atomic E-state index is 10.3. The van der Waals surface area contributed by atoms with Gasteiger partial charge in [0.1, 0.15) is 0 Å². The Labute approximate surface area is 143 Å². The van der Waals surface area contributed by atoms with Crippen molar-refractivity contribution in [1.82, 2.24) is 0 Å². The van der Waals surface area contributed by atoms with E-state index in [1.54, 1.807) is 6.08 Å². The van der Waals surface area contributed by atoms with Crippen molar-refractivity contribution in [3.63, 3.8) is 0 Å². The average molecular weight is 329 g/mol. The van der Waals surface area contributed by atoms with Gasteiger partial charge in [0.25, 0.3) is 0 Å². The Morgan fingerprint density at radius 2 is 1.04 bits per heavy atom. The van der Waals surface area contributed by atoms with Gasteiger partial charge in [-0.05, 0) is 12.8 Å². The molecular weight excluding hydrogens is 288 g/mol. The van der Waals surface area contributed by atoms with Crippen molar-refractivity contribution in [3.8, 4) is 0 Å². The van der Waals surface area contributed by atoms with Crippen molar-refractivity contribution in [2.75, 3.05) is 0 Å². The average Bonchev–Trinajstić information content (AvgIpc) is 2.50. The zero-order valence-corrected chi connectivity index (χ0v) is 15.3. The quantitative estimate of drug-likeness (QED) is 0.260. The highest BCUT2D eigenvalue weighted by Crippen LogP contribution is 2.13. The third-order valence-electron chi connectivity index (χ3n) is 4.23. The normalized spacial score (nSPS) is 10.8. The smallest absolute Gasteiger partial charge is 0.327 e. The monoisotopic (exact) mass is 328 g/mol. The number of aliphatic carboxylic acids is 1. The summed E-state index contributed by atoms with van der Waals surface area (Å²) < 4.78 is 0. The molecule has 0 aromatic rings. The number of hydrogen-bond donors (Lipinski definition) is 1. The Balaban J connectivity index is 0. The number of rotatable bonds is 17. The van der Waals surface area contributed by atoms with Crippen LogP contribution in [0, 0.1) is 0 Å². The van der Waals surface area contributed by atoms with Crippen LogP contribution in [0.15, 0.2) is 12.2 Å². The lowest BCUT2D eigenvalue weighted by atomic mass is 10.0. The number of hydrogen-bond acceptors (Lipinski definition) is 1. The first-order chi connectivity index (χ1) is 10.8. The molecule has 0 aliphatic carbocycles. The molecule has 0 aliphatic rings. The van der Waals surface area contributed by atoms with E-state index in [2.05, 4.69) is 6.92 Å². The van der Waals surface area contributed by atoms with E-state index >= 15 is 0 Å². The van der Waals surface area contributed by atoms with Gasteiger partial charge < -0.3 is 10.6 Å². The summed E-state index contributed by atoms with van der Waals surface area (Å²) in [7, 11) is 0. The predicted molar refractivity (Wildman–Crippen MR) is 99.9 cm³/mol. The first kappa shape index (κ1) is 24.4. The summed E-state index contributed by atoms with van der Waals surface area (Å²) in [6.45, 7) is 2.27. The first-order valence-corrected chi connectivity index (χ1v) is 9.67. The van der Waals surface area contributed by atoms with Gasteiger partial charge in [-0.3, -0.25) is 0 Å². The highest BCUT2D eigenvalue weighted by atomic mass is 16.4. The number of carboxylic acid groups (broad SMARTS) is 1. The van der Waals surface area contributed by atoms with Crippen LogP contribution in [-0.2, 0) is 4.79 Å². The van der Waals surface area contributed by atoms with Crippen LogP contribution in [0.5, 0.6) is 0 Å². The van der Waals surface area contributed by atoms with Gasteiger partial charge in [-0.2, -0.15) is 0 Å². The molecule has 0 saturated carbocycles. The standard InChI is InChI=1S/C20H38O2.H2O/c1-2-3-4-5-6-7-8-9-10-11-12-13-14-15-16-17-18-19-20(21)22;/h18-19H,2-17H2,1H3,(H,21,22);1H2. The fraction of sp³-hybridized carbons (Fsp3) is 0.850. The first-order valence-electron chi connectivity index (χ1n) is 9.67. The SMILES string of the molecule is CCCCCCCCCCCCCCCCCC=CC(=O)O.O. The summed E-state index contributed by atoms with van der Waals surface area (Å²) in [6.07, 6.45) is 24.5. The van der Waals surface area contributed by atoms with Crippen molar-refractivity contribution < 1.29 is 15.4 Å². The third kappa shape index (κ3) is 23.6. The summed E-state index contributed by atoms with van der Waals surface area (Å²) in [6, 6.07) is 0. The molecule has 0 spiro atoms. The van der Waals surface area contributed by atoms with E-state index in [4.69, 9.17) is 5.11 Å². The van der Waals surface area contributed by atoms with Gasteiger partial charge >= 0.3 is 5.97 Å². The molecule has 23 heavy (non-hydrogen) atoms. The second-order valence-corrected chi connectivity index (χ2v) is 6.48. The van der Waals surface area contributed by atoms with Gasteiger partial charge in [0.05, 0.1) is 0 Å².